The molecule has 8 nitrogen and oxygen atoms in total. The standard InChI is InChI=1S/C49H29N7O/c50-30-31-11-10-18-37(27-31)32-19-21-36(22-20-32)47-52-46(35-16-8-3-9-17-35)55-49(56-47)39-23-25-40-41-28-38(24-26-42(41)57-43(40)29-39)48-53-44(33-12-4-1-5-13-33)51-45(54-48)34-14-6-2-7-15-34/h1-29H. The number of benzene rings is 7. The third kappa shape index (κ3) is 6.56. The first-order valence-corrected chi connectivity index (χ1v) is 18.4. The molecule has 0 atom stereocenters. The summed E-state index contributed by atoms with van der Waals surface area (Å²) < 4.78 is 6.45. The Hall–Kier alpha value is -8.15. The molecule has 10 aromatic rings. The monoisotopic (exact) mass is 731 g/mol. The molecule has 7 aromatic carbocycles. The second-order valence-corrected chi connectivity index (χ2v) is 13.5. The molecule has 3 aromatic heterocycles. The summed E-state index contributed by atoms with van der Waals surface area (Å²) >= 11 is 0. The summed E-state index contributed by atoms with van der Waals surface area (Å²) in [6.07, 6.45) is 0. The molecule has 8 heteroatoms. The zero-order valence-electron chi connectivity index (χ0n) is 30.3. The topological polar surface area (TPSA) is 114 Å². The number of aromatic nitrogens is 6. The van der Waals surface area contributed by atoms with Crippen LogP contribution in [-0.4, -0.2) is 29.9 Å². The molecule has 0 bridgehead atoms. The van der Waals surface area contributed by atoms with Crippen LogP contribution in [-0.2, 0) is 0 Å². The van der Waals surface area contributed by atoms with Gasteiger partial charge in [0.25, 0.3) is 0 Å². The summed E-state index contributed by atoms with van der Waals surface area (Å²) in [6.45, 7) is 0. The molecule has 0 radical (unpaired) electrons. The lowest BCUT2D eigenvalue weighted by Gasteiger charge is -2.09. The van der Waals surface area contributed by atoms with Crippen molar-refractivity contribution in [1.82, 2.24) is 29.9 Å². The number of rotatable bonds is 7. The smallest absolute Gasteiger partial charge is 0.164 e. The highest BCUT2D eigenvalue weighted by molar-refractivity contribution is 6.07. The van der Waals surface area contributed by atoms with Crippen LogP contribution in [0.5, 0.6) is 0 Å². The minimum absolute atomic E-state index is 0.528. The van der Waals surface area contributed by atoms with Crippen molar-refractivity contribution in [1.29, 1.82) is 5.26 Å². The molecule has 0 N–H and O–H groups in total. The third-order valence-corrected chi connectivity index (χ3v) is 9.82. The molecule has 0 aliphatic rings. The molecule has 57 heavy (non-hydrogen) atoms. The van der Waals surface area contributed by atoms with Crippen molar-refractivity contribution < 1.29 is 4.42 Å². The first kappa shape index (κ1) is 33.4. The van der Waals surface area contributed by atoms with Gasteiger partial charge in [-0.1, -0.05) is 133 Å². The van der Waals surface area contributed by atoms with E-state index in [0.29, 0.717) is 46.1 Å². The lowest BCUT2D eigenvalue weighted by Crippen LogP contribution is -2.00. The van der Waals surface area contributed by atoms with Crippen LogP contribution in [0.4, 0.5) is 0 Å². The Morgan fingerprint density at radius 1 is 0.316 bits per heavy atom. The summed E-state index contributed by atoms with van der Waals surface area (Å²) in [7, 11) is 0. The second kappa shape index (κ2) is 14.3. The first-order chi connectivity index (χ1) is 28.1. The zero-order chi connectivity index (χ0) is 38.1. The van der Waals surface area contributed by atoms with Crippen molar-refractivity contribution in [3.63, 3.8) is 0 Å². The van der Waals surface area contributed by atoms with Crippen molar-refractivity contribution in [2.75, 3.05) is 0 Å². The van der Waals surface area contributed by atoms with Crippen molar-refractivity contribution in [2.24, 2.45) is 0 Å². The van der Waals surface area contributed by atoms with E-state index in [1.54, 1.807) is 6.07 Å². The maximum atomic E-state index is 9.39. The number of furan rings is 1. The Morgan fingerprint density at radius 2 is 0.737 bits per heavy atom. The summed E-state index contributed by atoms with van der Waals surface area (Å²) in [5, 5.41) is 11.3. The van der Waals surface area contributed by atoms with Gasteiger partial charge in [0, 0.05) is 44.2 Å². The van der Waals surface area contributed by atoms with Gasteiger partial charge in [0.15, 0.2) is 34.9 Å². The molecule has 0 aliphatic heterocycles. The van der Waals surface area contributed by atoms with Crippen LogP contribution in [0, 0.1) is 11.3 Å². The van der Waals surface area contributed by atoms with Gasteiger partial charge in [0.1, 0.15) is 11.2 Å². The molecule has 3 heterocycles. The molecular formula is C49H29N7O. The highest BCUT2D eigenvalue weighted by Gasteiger charge is 2.17. The molecule has 0 saturated carbocycles. The minimum Gasteiger partial charge on any atom is -0.456 e. The molecule has 10 rings (SSSR count). The van der Waals surface area contributed by atoms with Crippen LogP contribution in [0.15, 0.2) is 180 Å². The van der Waals surface area contributed by atoms with E-state index in [9.17, 15) is 5.26 Å². The highest BCUT2D eigenvalue weighted by atomic mass is 16.3. The molecule has 266 valence electrons. The van der Waals surface area contributed by atoms with E-state index >= 15 is 0 Å². The number of fused-ring (bicyclic) bond motifs is 3. The maximum absolute atomic E-state index is 9.39. The molecule has 0 fully saturated rings. The molecule has 0 amide bonds. The fourth-order valence-corrected chi connectivity index (χ4v) is 6.92. The Kier molecular flexibility index (Phi) is 8.36. The highest BCUT2D eigenvalue weighted by Crippen LogP contribution is 2.35. The van der Waals surface area contributed by atoms with E-state index in [1.165, 1.54) is 0 Å². The molecular weight excluding hydrogens is 703 g/mol. The van der Waals surface area contributed by atoms with Crippen molar-refractivity contribution in [2.45, 2.75) is 0 Å². The lowest BCUT2D eigenvalue weighted by atomic mass is 10.0. The van der Waals surface area contributed by atoms with Gasteiger partial charge < -0.3 is 4.42 Å². The van der Waals surface area contributed by atoms with Gasteiger partial charge in [0.2, 0.25) is 0 Å². The summed E-state index contributed by atoms with van der Waals surface area (Å²) in [4.78, 5) is 29.5. The number of hydrogen-bond acceptors (Lipinski definition) is 8. The Labute approximate surface area is 327 Å². The molecule has 0 unspecified atom stereocenters. The van der Waals surface area contributed by atoms with Crippen LogP contribution in [0.3, 0.4) is 0 Å². The van der Waals surface area contributed by atoms with Gasteiger partial charge in [-0.25, -0.2) is 29.9 Å². The Morgan fingerprint density at radius 3 is 1.26 bits per heavy atom. The van der Waals surface area contributed by atoms with Crippen LogP contribution in [0.1, 0.15) is 5.56 Å². The number of nitriles is 1. The molecule has 0 spiro atoms. The van der Waals surface area contributed by atoms with E-state index < -0.39 is 0 Å². The number of hydrogen-bond donors (Lipinski definition) is 0. The predicted molar refractivity (Wildman–Crippen MR) is 223 cm³/mol. The average molecular weight is 732 g/mol. The largest absolute Gasteiger partial charge is 0.456 e. The zero-order valence-corrected chi connectivity index (χ0v) is 30.3. The van der Waals surface area contributed by atoms with E-state index in [1.807, 2.05) is 164 Å². The number of nitrogens with zero attached hydrogens (tertiary/aromatic N) is 7. The van der Waals surface area contributed by atoms with Crippen LogP contribution < -0.4 is 0 Å². The van der Waals surface area contributed by atoms with Gasteiger partial charge in [0.05, 0.1) is 11.6 Å². The quantitative estimate of drug-likeness (QED) is 0.159. The Balaban J connectivity index is 1.05. The lowest BCUT2D eigenvalue weighted by molar-refractivity contribution is 0.669. The normalized spacial score (nSPS) is 11.1. The molecule has 0 saturated heterocycles. The van der Waals surface area contributed by atoms with Gasteiger partial charge in [-0.15, -0.1) is 0 Å². The van der Waals surface area contributed by atoms with Gasteiger partial charge in [-0.2, -0.15) is 5.26 Å². The van der Waals surface area contributed by atoms with Crippen LogP contribution in [0.2, 0.25) is 0 Å². The fourth-order valence-electron chi connectivity index (χ4n) is 6.92. The van der Waals surface area contributed by atoms with E-state index in [-0.39, 0.29) is 0 Å². The van der Waals surface area contributed by atoms with Crippen molar-refractivity contribution in [3.05, 3.63) is 181 Å². The van der Waals surface area contributed by atoms with Crippen molar-refractivity contribution >= 4 is 21.9 Å². The van der Waals surface area contributed by atoms with Crippen LogP contribution in [0.25, 0.3) is 101 Å². The second-order valence-electron chi connectivity index (χ2n) is 13.5. The van der Waals surface area contributed by atoms with Gasteiger partial charge in [-0.05, 0) is 53.6 Å². The summed E-state index contributed by atoms with van der Waals surface area (Å²) in [5.41, 5.74) is 9.23. The molecule has 0 aliphatic carbocycles. The fraction of sp³-hybridized carbons (Fsp3) is 0. The first-order valence-electron chi connectivity index (χ1n) is 18.4. The Bertz CT molecular complexity index is 3060. The minimum atomic E-state index is 0.528. The summed E-state index contributed by atoms with van der Waals surface area (Å²) in [6, 6.07) is 59.7. The summed E-state index contributed by atoms with van der Waals surface area (Å²) in [5.74, 6) is 3.43. The van der Waals surface area contributed by atoms with Gasteiger partial charge in [-0.3, -0.25) is 0 Å². The maximum Gasteiger partial charge on any atom is 0.164 e. The predicted octanol–water partition coefficient (Wildman–Crippen LogP) is 11.5. The van der Waals surface area contributed by atoms with Crippen molar-refractivity contribution in [3.8, 4) is 85.5 Å². The van der Waals surface area contributed by atoms with E-state index in [0.717, 1.165) is 60.9 Å². The van der Waals surface area contributed by atoms with E-state index in [4.69, 9.17) is 34.3 Å². The van der Waals surface area contributed by atoms with Gasteiger partial charge >= 0.3 is 0 Å². The third-order valence-electron chi connectivity index (χ3n) is 9.82. The SMILES string of the molecule is N#Cc1cccc(-c2ccc(-c3nc(-c4ccccc4)nc(-c4ccc5c(c4)oc4ccc(-c6nc(-c7ccccc7)nc(-c7ccccc7)n6)cc45)n3)cc2)c1. The average Bonchev–Trinajstić information content (AvgIpc) is 3.67. The van der Waals surface area contributed by atoms with E-state index in [2.05, 4.69) is 12.1 Å². The van der Waals surface area contributed by atoms with Crippen LogP contribution >= 0.6 is 0 Å².